The number of hydrogen-bond acceptors (Lipinski definition) is 1. The molecule has 0 saturated heterocycles. The second-order valence-electron chi connectivity index (χ2n) is 2.01. The van der Waals surface area contributed by atoms with Crippen LogP contribution in [0.1, 0.15) is 6.92 Å². The van der Waals surface area contributed by atoms with Crippen LogP contribution in [0.2, 0.25) is 0 Å². The normalized spacial score (nSPS) is 10.2. The smallest absolute Gasteiger partial charge is 0.173 e. The highest BCUT2D eigenvalue weighted by molar-refractivity contribution is 14.2. The fourth-order valence-corrected chi connectivity index (χ4v) is 2.10. The zero-order valence-electron chi connectivity index (χ0n) is 6.48. The molecule has 0 spiro atoms. The third kappa shape index (κ3) is 2.38. The maximum atomic E-state index is 12.9. The molecule has 0 aliphatic heterocycles. The Labute approximate surface area is 80.5 Å². The molecule has 0 amide bonds. The lowest BCUT2D eigenvalue weighted by atomic mass is 10.3. The summed E-state index contributed by atoms with van der Waals surface area (Å²) in [7, 11) is 0. The second-order valence-corrected chi connectivity index (χ2v) is 4.24. The Balaban J connectivity index is 2.78. The average molecular weight is 285 g/mol. The van der Waals surface area contributed by atoms with Gasteiger partial charge in [-0.25, -0.2) is 8.78 Å². The molecule has 0 heterocycles. The third-order valence-corrected chi connectivity index (χ3v) is 3.39. The van der Waals surface area contributed by atoms with E-state index in [0.717, 1.165) is 6.07 Å². The van der Waals surface area contributed by atoms with Crippen LogP contribution in [0.4, 0.5) is 8.78 Å². The summed E-state index contributed by atoms with van der Waals surface area (Å²) in [6.45, 7) is 2.38. The predicted molar refractivity (Wildman–Crippen MR) is 50.7 cm³/mol. The van der Waals surface area contributed by atoms with Gasteiger partial charge in [0.25, 0.3) is 0 Å². The lowest BCUT2D eigenvalue weighted by Gasteiger charge is -2.00. The molecule has 0 fully saturated rings. The van der Waals surface area contributed by atoms with Crippen LogP contribution in [0.25, 0.3) is 0 Å². The summed E-state index contributed by atoms with van der Waals surface area (Å²) in [4.78, 5) is 0. The van der Waals surface area contributed by atoms with Crippen molar-refractivity contribution in [1.82, 2.24) is 0 Å². The molecular formula is C8H8F2IO. The maximum absolute atomic E-state index is 12.9. The van der Waals surface area contributed by atoms with Crippen molar-refractivity contribution in [2.45, 2.75) is 6.92 Å². The highest BCUT2D eigenvalue weighted by Crippen LogP contribution is 2.25. The zero-order valence-corrected chi connectivity index (χ0v) is 8.64. The van der Waals surface area contributed by atoms with Crippen molar-refractivity contribution in [3.05, 3.63) is 33.4 Å². The van der Waals surface area contributed by atoms with E-state index in [9.17, 15) is 8.78 Å². The van der Waals surface area contributed by atoms with E-state index in [1.54, 1.807) is 6.07 Å². The van der Waals surface area contributed by atoms with Crippen molar-refractivity contribution in [3.63, 3.8) is 0 Å². The Morgan fingerprint density at radius 2 is 2.17 bits per heavy atom. The predicted octanol–water partition coefficient (Wildman–Crippen LogP) is 3.06. The van der Waals surface area contributed by atoms with Crippen LogP contribution in [0, 0.1) is 15.2 Å². The van der Waals surface area contributed by atoms with Crippen LogP contribution in [0.15, 0.2) is 18.2 Å². The van der Waals surface area contributed by atoms with Crippen molar-refractivity contribution >= 4 is 21.6 Å². The van der Waals surface area contributed by atoms with E-state index in [2.05, 4.69) is 0 Å². The van der Waals surface area contributed by atoms with E-state index in [4.69, 9.17) is 3.07 Å². The molecule has 4 heteroatoms. The molecular weight excluding hydrogens is 277 g/mol. The maximum Gasteiger partial charge on any atom is 0.173 e. The summed E-state index contributed by atoms with van der Waals surface area (Å²) < 4.78 is 30.9. The molecule has 0 bridgehead atoms. The molecule has 0 N–H and O–H groups in total. The SMILES string of the molecule is CCO[I]c1cccc(F)c1F. The molecule has 0 atom stereocenters. The van der Waals surface area contributed by atoms with Crippen molar-refractivity contribution < 1.29 is 11.8 Å². The molecule has 67 valence electrons. The first-order valence-electron chi connectivity index (χ1n) is 3.46. The van der Waals surface area contributed by atoms with Gasteiger partial charge in [0, 0.05) is 0 Å². The van der Waals surface area contributed by atoms with Gasteiger partial charge < -0.3 is 3.07 Å². The molecule has 0 saturated carbocycles. The molecule has 1 radical (unpaired) electrons. The molecule has 12 heavy (non-hydrogen) atoms. The lowest BCUT2D eigenvalue weighted by Crippen LogP contribution is -1.89. The van der Waals surface area contributed by atoms with Gasteiger partial charge in [0.1, 0.15) is 0 Å². The Kier molecular flexibility index (Phi) is 3.87. The molecule has 0 aliphatic carbocycles. The zero-order chi connectivity index (χ0) is 8.97. The summed E-state index contributed by atoms with van der Waals surface area (Å²) in [6.07, 6.45) is 0. The van der Waals surface area contributed by atoms with Gasteiger partial charge in [-0.05, 0) is 19.1 Å². The Morgan fingerprint density at radius 3 is 2.83 bits per heavy atom. The highest BCUT2D eigenvalue weighted by Gasteiger charge is 2.07. The molecule has 1 aromatic rings. The summed E-state index contributed by atoms with van der Waals surface area (Å²) in [6, 6.07) is 4.16. The van der Waals surface area contributed by atoms with Crippen molar-refractivity contribution in [2.75, 3.05) is 6.61 Å². The van der Waals surface area contributed by atoms with E-state index >= 15 is 0 Å². The molecule has 1 rings (SSSR count). The van der Waals surface area contributed by atoms with Gasteiger partial charge in [0.05, 0.1) is 31.8 Å². The fraction of sp³-hybridized carbons (Fsp3) is 0.250. The van der Waals surface area contributed by atoms with Gasteiger partial charge in [0.2, 0.25) is 0 Å². The summed E-state index contributed by atoms with van der Waals surface area (Å²) >= 11 is -0.827. The first-order chi connectivity index (χ1) is 5.75. The van der Waals surface area contributed by atoms with Crippen molar-refractivity contribution in [3.8, 4) is 0 Å². The Morgan fingerprint density at radius 1 is 1.42 bits per heavy atom. The first kappa shape index (κ1) is 9.85. The molecule has 0 aromatic heterocycles. The monoisotopic (exact) mass is 285 g/mol. The highest BCUT2D eigenvalue weighted by atomic mass is 127. The van der Waals surface area contributed by atoms with Gasteiger partial charge in [-0.15, -0.1) is 0 Å². The van der Waals surface area contributed by atoms with Gasteiger partial charge in [-0.3, -0.25) is 0 Å². The molecule has 0 aliphatic rings. The van der Waals surface area contributed by atoms with E-state index in [1.807, 2.05) is 6.92 Å². The Hall–Kier alpha value is -0.230. The topological polar surface area (TPSA) is 9.23 Å². The van der Waals surface area contributed by atoms with Crippen LogP contribution in [0.3, 0.4) is 0 Å². The number of hydrogen-bond donors (Lipinski definition) is 0. The Bertz CT molecular complexity index is 265. The third-order valence-electron chi connectivity index (χ3n) is 1.15. The van der Waals surface area contributed by atoms with Crippen LogP contribution in [0.5, 0.6) is 0 Å². The van der Waals surface area contributed by atoms with Gasteiger partial charge in [0.15, 0.2) is 11.6 Å². The quantitative estimate of drug-likeness (QED) is 0.612. The standard InChI is InChI=1S/C8H8F2IO/c1-2-12-11-7-5-3-4-6(9)8(7)10/h3-5H,2H2,1H3. The minimum absolute atomic E-state index is 0.371. The van der Waals surface area contributed by atoms with Crippen molar-refractivity contribution in [2.24, 2.45) is 0 Å². The second kappa shape index (κ2) is 4.71. The van der Waals surface area contributed by atoms with Crippen molar-refractivity contribution in [1.29, 1.82) is 0 Å². The average Bonchev–Trinajstić information content (AvgIpc) is 2.08. The van der Waals surface area contributed by atoms with Crippen LogP contribution in [-0.4, -0.2) is 6.61 Å². The molecule has 1 aromatic carbocycles. The van der Waals surface area contributed by atoms with Gasteiger partial charge >= 0.3 is 0 Å². The number of rotatable bonds is 3. The van der Waals surface area contributed by atoms with E-state index in [0.29, 0.717) is 10.2 Å². The minimum atomic E-state index is -0.827. The van der Waals surface area contributed by atoms with Crippen LogP contribution >= 0.6 is 21.6 Å². The van der Waals surface area contributed by atoms with Gasteiger partial charge in [-0.2, -0.15) is 0 Å². The van der Waals surface area contributed by atoms with Crippen LogP contribution < -0.4 is 0 Å². The van der Waals surface area contributed by atoms with E-state index in [1.165, 1.54) is 6.07 Å². The first-order valence-corrected chi connectivity index (χ1v) is 5.42. The minimum Gasteiger partial charge on any atom is -0.321 e. The summed E-state index contributed by atoms with van der Waals surface area (Å²) in [5.74, 6) is -1.56. The summed E-state index contributed by atoms with van der Waals surface area (Å²) in [5.41, 5.74) is 0. The van der Waals surface area contributed by atoms with Gasteiger partial charge in [-0.1, -0.05) is 6.07 Å². The van der Waals surface area contributed by atoms with Crippen LogP contribution in [-0.2, 0) is 3.07 Å². The molecule has 0 unspecified atom stereocenters. The molecule has 1 nitrogen and oxygen atoms in total. The summed E-state index contributed by atoms with van der Waals surface area (Å²) in [5, 5.41) is 0. The number of benzene rings is 1. The lowest BCUT2D eigenvalue weighted by molar-refractivity contribution is 0.455. The van der Waals surface area contributed by atoms with E-state index < -0.39 is 33.3 Å². The van der Waals surface area contributed by atoms with E-state index in [-0.39, 0.29) is 0 Å². The fourth-order valence-electron chi connectivity index (χ4n) is 0.650. The number of halogens is 3. The largest absolute Gasteiger partial charge is 0.321 e.